The Balaban J connectivity index is 1.56. The van der Waals surface area contributed by atoms with Crippen LogP contribution < -0.4 is 5.32 Å². The molecule has 8 nitrogen and oxygen atoms in total. The van der Waals surface area contributed by atoms with Gasteiger partial charge in [-0.15, -0.1) is 5.10 Å². The molecule has 0 aliphatic rings. The molecule has 0 aliphatic heterocycles. The molecule has 4 aromatic rings. The zero-order chi connectivity index (χ0) is 19.7. The first-order valence-electron chi connectivity index (χ1n) is 8.74. The van der Waals surface area contributed by atoms with E-state index in [4.69, 9.17) is 4.42 Å². The highest BCUT2D eigenvalue weighted by molar-refractivity contribution is 7.10. The molecular weight excluding hydrogens is 376 g/mol. The van der Waals surface area contributed by atoms with Crippen LogP contribution >= 0.6 is 11.5 Å². The second-order valence-electron chi connectivity index (χ2n) is 6.54. The second-order valence-corrected chi connectivity index (χ2v) is 7.29. The van der Waals surface area contributed by atoms with Gasteiger partial charge < -0.3 is 4.42 Å². The lowest BCUT2D eigenvalue weighted by Gasteiger charge is -2.07. The fourth-order valence-electron chi connectivity index (χ4n) is 2.72. The summed E-state index contributed by atoms with van der Waals surface area (Å²) in [6.45, 7) is 6.22. The van der Waals surface area contributed by atoms with E-state index in [0.717, 1.165) is 22.9 Å². The molecule has 1 aromatic carbocycles. The fraction of sp³-hybridized carbons (Fsp3) is 0.211. The molecule has 0 aliphatic carbocycles. The summed E-state index contributed by atoms with van der Waals surface area (Å²) in [6.07, 6.45) is 1.44. The van der Waals surface area contributed by atoms with Crippen LogP contribution in [0.5, 0.6) is 0 Å². The van der Waals surface area contributed by atoms with Crippen LogP contribution in [0.2, 0.25) is 0 Å². The lowest BCUT2D eigenvalue weighted by atomic mass is 10.0. The molecule has 142 valence electrons. The first-order valence-corrected chi connectivity index (χ1v) is 9.52. The number of nitrogens with one attached hydrogen (secondary N) is 1. The van der Waals surface area contributed by atoms with E-state index in [9.17, 15) is 4.79 Å². The van der Waals surface area contributed by atoms with E-state index >= 15 is 0 Å². The predicted molar refractivity (Wildman–Crippen MR) is 106 cm³/mol. The van der Waals surface area contributed by atoms with Crippen molar-refractivity contribution in [3.63, 3.8) is 0 Å². The monoisotopic (exact) mass is 394 g/mol. The summed E-state index contributed by atoms with van der Waals surface area (Å²) in [4.78, 5) is 16.4. The van der Waals surface area contributed by atoms with Crippen molar-refractivity contribution in [1.82, 2.24) is 24.4 Å². The Morgan fingerprint density at radius 1 is 1.21 bits per heavy atom. The standard InChI is InChI=1S/C19H18N6O2S/c1-11(2)13-6-8-14(9-7-13)25-12(3)16(22-24-25)17-20-19(28-23-17)21-18(26)15-5-4-10-27-15/h4-11H,1-3H3,(H,20,21,23,26). The molecule has 0 unspecified atom stereocenters. The lowest BCUT2D eigenvalue weighted by molar-refractivity contribution is 0.0996. The Labute approximate surface area is 165 Å². The van der Waals surface area contributed by atoms with Crippen LogP contribution in [0, 0.1) is 6.92 Å². The molecule has 0 atom stereocenters. The maximum atomic E-state index is 12.1. The van der Waals surface area contributed by atoms with Crippen LogP contribution in [0.4, 0.5) is 5.13 Å². The van der Waals surface area contributed by atoms with Crippen molar-refractivity contribution in [1.29, 1.82) is 0 Å². The quantitative estimate of drug-likeness (QED) is 0.548. The van der Waals surface area contributed by atoms with Crippen molar-refractivity contribution in [2.45, 2.75) is 26.7 Å². The number of furan rings is 1. The van der Waals surface area contributed by atoms with Crippen molar-refractivity contribution in [3.05, 3.63) is 59.7 Å². The third-order valence-corrected chi connectivity index (χ3v) is 4.93. The van der Waals surface area contributed by atoms with Crippen LogP contribution in [0.1, 0.15) is 41.6 Å². The van der Waals surface area contributed by atoms with Gasteiger partial charge in [-0.05, 0) is 42.7 Å². The SMILES string of the molecule is Cc1c(-c2nsc(NC(=O)c3ccco3)n2)nnn1-c1ccc(C(C)C)cc1. The first kappa shape index (κ1) is 18.1. The molecule has 0 spiro atoms. The summed E-state index contributed by atoms with van der Waals surface area (Å²) in [6, 6.07) is 11.4. The molecule has 3 aromatic heterocycles. The summed E-state index contributed by atoms with van der Waals surface area (Å²) in [5.74, 6) is 0.722. The molecule has 0 fully saturated rings. The van der Waals surface area contributed by atoms with Gasteiger partial charge in [-0.3, -0.25) is 10.1 Å². The third-order valence-electron chi connectivity index (χ3n) is 4.30. The van der Waals surface area contributed by atoms with Crippen molar-refractivity contribution in [2.75, 3.05) is 5.32 Å². The fourth-order valence-corrected chi connectivity index (χ4v) is 3.28. The number of carbonyl (C=O) groups is 1. The van der Waals surface area contributed by atoms with Crippen LogP contribution in [0.15, 0.2) is 47.1 Å². The summed E-state index contributed by atoms with van der Waals surface area (Å²) >= 11 is 1.08. The van der Waals surface area contributed by atoms with Gasteiger partial charge in [0, 0.05) is 11.5 Å². The largest absolute Gasteiger partial charge is 0.459 e. The average molecular weight is 394 g/mol. The smallest absolute Gasteiger partial charge is 0.293 e. The lowest BCUT2D eigenvalue weighted by Crippen LogP contribution is -2.10. The Kier molecular flexibility index (Phi) is 4.74. The Hall–Kier alpha value is -3.33. The molecule has 0 saturated carbocycles. The molecule has 4 rings (SSSR count). The van der Waals surface area contributed by atoms with E-state index in [1.54, 1.807) is 16.8 Å². The highest BCUT2D eigenvalue weighted by atomic mass is 32.1. The van der Waals surface area contributed by atoms with Gasteiger partial charge in [-0.2, -0.15) is 9.36 Å². The Morgan fingerprint density at radius 2 is 2.00 bits per heavy atom. The normalized spacial score (nSPS) is 11.1. The number of carbonyl (C=O) groups excluding carboxylic acids is 1. The van der Waals surface area contributed by atoms with Gasteiger partial charge in [0.15, 0.2) is 17.3 Å². The summed E-state index contributed by atoms with van der Waals surface area (Å²) in [7, 11) is 0. The van der Waals surface area contributed by atoms with Crippen molar-refractivity contribution < 1.29 is 9.21 Å². The molecule has 0 bridgehead atoms. The second kappa shape index (κ2) is 7.35. The predicted octanol–water partition coefficient (Wildman–Crippen LogP) is 4.06. The topological polar surface area (TPSA) is 98.7 Å². The number of aromatic nitrogens is 5. The summed E-state index contributed by atoms with van der Waals surface area (Å²) in [5, 5.41) is 11.5. The van der Waals surface area contributed by atoms with Gasteiger partial charge >= 0.3 is 0 Å². The zero-order valence-corrected chi connectivity index (χ0v) is 16.4. The molecular formula is C19H18N6O2S. The van der Waals surface area contributed by atoms with Gasteiger partial charge in [0.1, 0.15) is 0 Å². The van der Waals surface area contributed by atoms with E-state index in [1.165, 1.54) is 11.8 Å². The van der Waals surface area contributed by atoms with E-state index in [-0.39, 0.29) is 11.7 Å². The molecule has 28 heavy (non-hydrogen) atoms. The number of nitrogens with zero attached hydrogens (tertiary/aromatic N) is 5. The van der Waals surface area contributed by atoms with Crippen LogP contribution in [-0.4, -0.2) is 30.3 Å². The van der Waals surface area contributed by atoms with Crippen LogP contribution in [-0.2, 0) is 0 Å². The molecule has 9 heteroatoms. The highest BCUT2D eigenvalue weighted by Crippen LogP contribution is 2.24. The van der Waals surface area contributed by atoms with Crippen molar-refractivity contribution in [3.8, 4) is 17.2 Å². The minimum Gasteiger partial charge on any atom is -0.459 e. The minimum absolute atomic E-state index is 0.212. The maximum Gasteiger partial charge on any atom is 0.293 e. The third kappa shape index (κ3) is 3.44. The van der Waals surface area contributed by atoms with E-state index in [2.05, 4.69) is 51.0 Å². The molecule has 3 heterocycles. The van der Waals surface area contributed by atoms with Gasteiger partial charge in [0.05, 0.1) is 17.6 Å². The molecule has 0 radical (unpaired) electrons. The minimum atomic E-state index is -0.377. The summed E-state index contributed by atoms with van der Waals surface area (Å²) < 4.78 is 11.1. The zero-order valence-electron chi connectivity index (χ0n) is 15.6. The number of hydrogen-bond donors (Lipinski definition) is 1. The van der Waals surface area contributed by atoms with Crippen LogP contribution in [0.3, 0.4) is 0 Å². The van der Waals surface area contributed by atoms with Gasteiger partial charge in [0.2, 0.25) is 5.13 Å². The maximum absolute atomic E-state index is 12.1. The van der Waals surface area contributed by atoms with Crippen molar-refractivity contribution in [2.24, 2.45) is 0 Å². The number of anilines is 1. The van der Waals surface area contributed by atoms with Gasteiger partial charge in [-0.1, -0.05) is 31.2 Å². The van der Waals surface area contributed by atoms with E-state index in [0.29, 0.717) is 22.6 Å². The first-order chi connectivity index (χ1) is 13.5. The van der Waals surface area contributed by atoms with E-state index < -0.39 is 0 Å². The Morgan fingerprint density at radius 3 is 2.68 bits per heavy atom. The number of hydrogen-bond acceptors (Lipinski definition) is 7. The van der Waals surface area contributed by atoms with Gasteiger partial charge in [0.25, 0.3) is 5.91 Å². The Bertz CT molecular complexity index is 1100. The number of benzene rings is 1. The highest BCUT2D eigenvalue weighted by Gasteiger charge is 2.18. The summed E-state index contributed by atoms with van der Waals surface area (Å²) in [5.41, 5.74) is 3.57. The molecule has 0 saturated heterocycles. The number of amides is 1. The van der Waals surface area contributed by atoms with Gasteiger partial charge in [-0.25, -0.2) is 4.68 Å². The average Bonchev–Trinajstić information content (AvgIpc) is 3.42. The van der Waals surface area contributed by atoms with E-state index in [1.807, 2.05) is 19.1 Å². The number of rotatable bonds is 5. The molecule has 1 amide bonds. The van der Waals surface area contributed by atoms with Crippen LogP contribution in [0.25, 0.3) is 17.2 Å². The molecule has 1 N–H and O–H groups in total. The van der Waals surface area contributed by atoms with Crippen molar-refractivity contribution >= 4 is 22.6 Å².